The fraction of sp³-hybridized carbons (Fsp3) is 0.276. The molecule has 11 heteroatoms. The van der Waals surface area contributed by atoms with Gasteiger partial charge in [0.1, 0.15) is 29.1 Å². The molecule has 0 spiro atoms. The summed E-state index contributed by atoms with van der Waals surface area (Å²) in [6.45, 7) is 0.214. The van der Waals surface area contributed by atoms with Gasteiger partial charge in [-0.1, -0.05) is 12.1 Å². The summed E-state index contributed by atoms with van der Waals surface area (Å²) in [5, 5.41) is 5.44. The van der Waals surface area contributed by atoms with Crippen LogP contribution >= 0.6 is 11.3 Å². The minimum Gasteiger partial charge on any atom is -0.497 e. The molecule has 3 aromatic heterocycles. The quantitative estimate of drug-likeness (QED) is 0.370. The van der Waals surface area contributed by atoms with Crippen molar-refractivity contribution >= 4 is 45.8 Å². The summed E-state index contributed by atoms with van der Waals surface area (Å²) in [7, 11) is 1.56. The van der Waals surface area contributed by atoms with Crippen LogP contribution in [0.25, 0.3) is 11.0 Å². The summed E-state index contributed by atoms with van der Waals surface area (Å²) < 4.78 is 11.0. The van der Waals surface area contributed by atoms with E-state index >= 15 is 0 Å². The van der Waals surface area contributed by atoms with Gasteiger partial charge in [-0.25, -0.2) is 0 Å². The maximum Gasteiger partial charge on any atom is 0.287 e. The van der Waals surface area contributed by atoms with Gasteiger partial charge in [-0.3, -0.25) is 24.2 Å². The number of nitrogens with zero attached hydrogens (tertiary/aromatic N) is 3. The maximum absolute atomic E-state index is 13.9. The highest BCUT2D eigenvalue weighted by molar-refractivity contribution is 7.09. The molecule has 1 aromatic carbocycles. The van der Waals surface area contributed by atoms with E-state index in [9.17, 15) is 19.2 Å². The van der Waals surface area contributed by atoms with Crippen LogP contribution < -0.4 is 10.1 Å². The molecule has 40 heavy (non-hydrogen) atoms. The molecule has 2 aliphatic rings. The van der Waals surface area contributed by atoms with E-state index in [-0.39, 0.29) is 42.0 Å². The second-order valence-electron chi connectivity index (χ2n) is 9.77. The number of aromatic nitrogens is 1. The number of hydrogen-bond acceptors (Lipinski definition) is 8. The molecule has 2 saturated heterocycles. The number of thiophene rings is 1. The van der Waals surface area contributed by atoms with Gasteiger partial charge >= 0.3 is 0 Å². The third kappa shape index (κ3) is 4.73. The number of carbonyl (C=O) groups excluding carboxylic acids is 4. The Morgan fingerprint density at radius 3 is 2.77 bits per heavy atom. The second-order valence-corrected chi connectivity index (χ2v) is 10.8. The molecule has 0 bridgehead atoms. The lowest BCUT2D eigenvalue weighted by molar-refractivity contribution is -0.138. The maximum atomic E-state index is 13.9. The fourth-order valence-corrected chi connectivity index (χ4v) is 6.25. The lowest BCUT2D eigenvalue weighted by Gasteiger charge is -2.28. The predicted octanol–water partition coefficient (Wildman–Crippen LogP) is 2.93. The van der Waals surface area contributed by atoms with Crippen LogP contribution in [0.3, 0.4) is 0 Å². The Balaban J connectivity index is 1.23. The number of ether oxygens (including phenoxy) is 1. The first-order chi connectivity index (χ1) is 19.4. The van der Waals surface area contributed by atoms with Gasteiger partial charge in [-0.2, -0.15) is 0 Å². The topological polar surface area (TPSA) is 122 Å². The van der Waals surface area contributed by atoms with Crippen molar-refractivity contribution in [3.63, 3.8) is 0 Å². The van der Waals surface area contributed by atoms with E-state index in [1.807, 2.05) is 17.5 Å². The number of fused-ring (bicyclic) bond motifs is 2. The van der Waals surface area contributed by atoms with Crippen molar-refractivity contribution < 1.29 is 28.3 Å². The molecule has 10 nitrogen and oxygen atoms in total. The van der Waals surface area contributed by atoms with Crippen molar-refractivity contribution in [3.05, 3.63) is 82.5 Å². The Morgan fingerprint density at radius 1 is 1.15 bits per heavy atom. The summed E-state index contributed by atoms with van der Waals surface area (Å²) >= 11 is 1.48. The van der Waals surface area contributed by atoms with E-state index in [4.69, 9.17) is 9.15 Å². The molecule has 1 N–H and O–H groups in total. The van der Waals surface area contributed by atoms with Crippen LogP contribution in [0, 0.1) is 0 Å². The van der Waals surface area contributed by atoms with E-state index in [1.165, 1.54) is 27.3 Å². The first-order valence-corrected chi connectivity index (χ1v) is 13.8. The van der Waals surface area contributed by atoms with Gasteiger partial charge in [0.15, 0.2) is 11.5 Å². The number of Topliss-reactive ketones (excluding diaryl/α,β-unsaturated/α-hetero) is 1. The minimum absolute atomic E-state index is 0.0654. The molecule has 3 unspecified atom stereocenters. The van der Waals surface area contributed by atoms with Gasteiger partial charge in [0, 0.05) is 29.4 Å². The number of hydrogen-bond donors (Lipinski definition) is 1. The van der Waals surface area contributed by atoms with Crippen LogP contribution in [0.5, 0.6) is 5.75 Å². The third-order valence-electron chi connectivity index (χ3n) is 7.39. The number of likely N-dealkylation sites (tertiary alicyclic amines) is 2. The van der Waals surface area contributed by atoms with Crippen molar-refractivity contribution in [2.45, 2.75) is 31.0 Å². The van der Waals surface area contributed by atoms with Crippen LogP contribution in [-0.4, -0.2) is 76.6 Å². The smallest absolute Gasteiger partial charge is 0.287 e. The van der Waals surface area contributed by atoms with Crippen LogP contribution in [0.1, 0.15) is 32.3 Å². The Bertz CT molecular complexity index is 1580. The number of pyridine rings is 1. The van der Waals surface area contributed by atoms with Gasteiger partial charge in [-0.05, 0) is 54.3 Å². The molecule has 4 aromatic rings. The Morgan fingerprint density at radius 2 is 2.02 bits per heavy atom. The summed E-state index contributed by atoms with van der Waals surface area (Å²) in [5.41, 5.74) is 0.774. The van der Waals surface area contributed by atoms with E-state index < -0.39 is 24.0 Å². The summed E-state index contributed by atoms with van der Waals surface area (Å²) in [6.07, 6.45) is 2.25. The molecule has 0 saturated carbocycles. The first kappa shape index (κ1) is 25.8. The van der Waals surface area contributed by atoms with E-state index in [0.717, 1.165) is 4.88 Å². The summed E-state index contributed by atoms with van der Waals surface area (Å²) in [4.78, 5) is 61.5. The SMILES string of the molecule is COc1ccc2oc(C(=O)NC(Cc3cccs3)C(=O)N3CCC4C3C(=O)CN4C(=O)c3ccccn3)cc2c1. The van der Waals surface area contributed by atoms with Crippen LogP contribution in [0.4, 0.5) is 0 Å². The van der Waals surface area contributed by atoms with E-state index in [0.29, 0.717) is 29.7 Å². The zero-order valence-corrected chi connectivity index (χ0v) is 22.4. The number of amides is 3. The van der Waals surface area contributed by atoms with Gasteiger partial charge in [0.25, 0.3) is 11.8 Å². The zero-order chi connectivity index (χ0) is 27.8. The molecule has 5 heterocycles. The van der Waals surface area contributed by atoms with E-state index in [2.05, 4.69) is 10.3 Å². The number of rotatable bonds is 7. The van der Waals surface area contributed by atoms with Crippen molar-refractivity contribution in [1.29, 1.82) is 0 Å². The Labute approximate surface area is 233 Å². The van der Waals surface area contributed by atoms with Crippen LogP contribution in [0.15, 0.2) is 70.6 Å². The van der Waals surface area contributed by atoms with E-state index in [1.54, 1.807) is 49.6 Å². The van der Waals surface area contributed by atoms with Crippen molar-refractivity contribution in [2.75, 3.05) is 20.2 Å². The van der Waals surface area contributed by atoms with Crippen LogP contribution in [0.2, 0.25) is 0 Å². The zero-order valence-electron chi connectivity index (χ0n) is 21.6. The number of furan rings is 1. The van der Waals surface area contributed by atoms with Gasteiger partial charge in [-0.15, -0.1) is 11.3 Å². The summed E-state index contributed by atoms with van der Waals surface area (Å²) in [5.74, 6) is -0.742. The third-order valence-corrected chi connectivity index (χ3v) is 8.29. The molecule has 3 atom stereocenters. The average molecular weight is 559 g/mol. The standard InChI is InChI=1S/C29H26N4O6S/c1-38-18-7-8-24-17(13-18)14-25(39-24)27(35)31-21(15-19-5-4-12-40-19)29(37)32-11-9-22-26(32)23(34)16-33(22)28(36)20-6-2-3-10-30-20/h2-8,10,12-14,21-22,26H,9,11,15-16H2,1H3,(H,31,35). The molecule has 0 aliphatic carbocycles. The lowest BCUT2D eigenvalue weighted by Crippen LogP contribution is -2.53. The van der Waals surface area contributed by atoms with Gasteiger partial charge in [0.05, 0.1) is 19.7 Å². The monoisotopic (exact) mass is 558 g/mol. The number of nitrogens with one attached hydrogen (secondary N) is 1. The average Bonchev–Trinajstić information content (AvgIpc) is 3.77. The highest BCUT2D eigenvalue weighted by Crippen LogP contribution is 2.32. The Kier molecular flexibility index (Phi) is 6.81. The summed E-state index contributed by atoms with van der Waals surface area (Å²) in [6, 6.07) is 13.5. The number of ketones is 1. The van der Waals surface area contributed by atoms with Gasteiger partial charge in [0.2, 0.25) is 5.91 Å². The van der Waals surface area contributed by atoms with Crippen LogP contribution in [-0.2, 0) is 16.0 Å². The largest absolute Gasteiger partial charge is 0.497 e. The highest BCUT2D eigenvalue weighted by Gasteiger charge is 2.52. The normalized spacial score (nSPS) is 19.1. The molecule has 6 rings (SSSR count). The van der Waals surface area contributed by atoms with Crippen molar-refractivity contribution in [2.24, 2.45) is 0 Å². The fourth-order valence-electron chi connectivity index (χ4n) is 5.50. The molecule has 2 aliphatic heterocycles. The molecule has 2 fully saturated rings. The van der Waals surface area contributed by atoms with Crippen molar-refractivity contribution in [3.8, 4) is 5.75 Å². The van der Waals surface area contributed by atoms with Gasteiger partial charge < -0.3 is 24.3 Å². The Hall–Kier alpha value is -4.51. The number of carbonyl (C=O) groups is 4. The highest BCUT2D eigenvalue weighted by atomic mass is 32.1. The lowest BCUT2D eigenvalue weighted by atomic mass is 10.1. The minimum atomic E-state index is -0.930. The first-order valence-electron chi connectivity index (χ1n) is 12.9. The second kappa shape index (κ2) is 10.6. The number of benzene rings is 1. The molecule has 3 amide bonds. The molecule has 0 radical (unpaired) electrons. The molecular weight excluding hydrogens is 532 g/mol. The van der Waals surface area contributed by atoms with Crippen molar-refractivity contribution in [1.82, 2.24) is 20.1 Å². The number of methoxy groups -OCH3 is 1. The molecule has 204 valence electrons. The predicted molar refractivity (Wildman–Crippen MR) is 146 cm³/mol. The molecular formula is C29H26N4O6S.